The number of hydrogen-bond acceptors (Lipinski definition) is 4. The van der Waals surface area contributed by atoms with Gasteiger partial charge in [0.15, 0.2) is 0 Å². The molecule has 2 aromatic rings. The van der Waals surface area contributed by atoms with Crippen molar-refractivity contribution in [2.75, 3.05) is 26.2 Å². The number of hydrogen-bond donors (Lipinski definition) is 1. The highest BCUT2D eigenvalue weighted by Crippen LogP contribution is 2.38. The lowest BCUT2D eigenvalue weighted by Gasteiger charge is -2.41. The Hall–Kier alpha value is -2.83. The maximum Gasteiger partial charge on any atom is 0.226 e. The number of likely N-dealkylation sites (tertiary alicyclic amines) is 1. The summed E-state index contributed by atoms with van der Waals surface area (Å²) < 4.78 is 8.06. The summed E-state index contributed by atoms with van der Waals surface area (Å²) in [6.07, 6.45) is 10.8. The molecule has 0 atom stereocenters. The van der Waals surface area contributed by atoms with Gasteiger partial charge in [-0.15, -0.1) is 0 Å². The maximum atomic E-state index is 13.3. The summed E-state index contributed by atoms with van der Waals surface area (Å²) in [6, 6.07) is 8.21. The molecule has 1 spiro atoms. The molecule has 3 heterocycles. The fourth-order valence-electron chi connectivity index (χ4n) is 5.48. The first-order chi connectivity index (χ1) is 17.0. The monoisotopic (exact) mass is 480 g/mol. The SMILES string of the molecule is CC(C)c1nccn1CCC(=O)N1CCC2(CCCCCc3ccccc3OCCNC2=O)CC1. The number of ether oxygens (including phenoxy) is 1. The predicted octanol–water partition coefficient (Wildman–Crippen LogP) is 4.32. The molecule has 190 valence electrons. The number of nitrogens with one attached hydrogen (secondary N) is 1. The molecule has 1 aromatic carbocycles. The molecule has 1 fully saturated rings. The maximum absolute atomic E-state index is 13.3. The lowest BCUT2D eigenvalue weighted by molar-refractivity contribution is -0.141. The number of carbonyl (C=O) groups excluding carboxylic acids is 2. The van der Waals surface area contributed by atoms with Gasteiger partial charge in [-0.05, 0) is 43.7 Å². The number of nitrogens with zero attached hydrogens (tertiary/aromatic N) is 3. The molecule has 4 rings (SSSR count). The van der Waals surface area contributed by atoms with Crippen LogP contribution in [0.3, 0.4) is 0 Å². The molecule has 0 aliphatic carbocycles. The summed E-state index contributed by atoms with van der Waals surface area (Å²) in [7, 11) is 0. The van der Waals surface area contributed by atoms with Crippen LogP contribution in [0.1, 0.15) is 76.1 Å². The average Bonchev–Trinajstić information content (AvgIpc) is 3.35. The molecule has 0 bridgehead atoms. The minimum Gasteiger partial charge on any atom is -0.491 e. The summed E-state index contributed by atoms with van der Waals surface area (Å²) in [4.78, 5) is 32.6. The van der Waals surface area contributed by atoms with Gasteiger partial charge in [-0.25, -0.2) is 4.98 Å². The zero-order valence-corrected chi connectivity index (χ0v) is 21.3. The zero-order chi connectivity index (χ0) is 24.7. The second-order valence-electron chi connectivity index (χ2n) is 10.3. The number of benzene rings is 1. The van der Waals surface area contributed by atoms with E-state index in [4.69, 9.17) is 4.74 Å². The topological polar surface area (TPSA) is 76.5 Å². The third-order valence-electron chi connectivity index (χ3n) is 7.60. The van der Waals surface area contributed by atoms with Crippen LogP contribution in [0.5, 0.6) is 5.75 Å². The average molecular weight is 481 g/mol. The van der Waals surface area contributed by atoms with Crippen molar-refractivity contribution < 1.29 is 14.3 Å². The van der Waals surface area contributed by atoms with Gasteiger partial charge in [0.05, 0.1) is 12.0 Å². The highest BCUT2D eigenvalue weighted by atomic mass is 16.5. The Bertz CT molecular complexity index is 992. The fourth-order valence-corrected chi connectivity index (χ4v) is 5.48. The Morgan fingerprint density at radius 1 is 1.14 bits per heavy atom. The smallest absolute Gasteiger partial charge is 0.226 e. The molecule has 35 heavy (non-hydrogen) atoms. The number of aryl methyl sites for hydroxylation is 2. The number of imidazole rings is 1. The molecule has 2 aliphatic rings. The molecule has 1 N–H and O–H groups in total. The van der Waals surface area contributed by atoms with Gasteiger partial charge in [0.1, 0.15) is 18.2 Å². The van der Waals surface area contributed by atoms with Crippen molar-refractivity contribution in [1.82, 2.24) is 19.8 Å². The Labute approximate surface area is 209 Å². The van der Waals surface area contributed by atoms with E-state index in [9.17, 15) is 9.59 Å². The minimum atomic E-state index is -0.382. The van der Waals surface area contributed by atoms with E-state index in [0.717, 1.165) is 56.5 Å². The largest absolute Gasteiger partial charge is 0.491 e. The number of rotatable bonds is 4. The van der Waals surface area contributed by atoms with Crippen molar-refractivity contribution >= 4 is 11.8 Å². The van der Waals surface area contributed by atoms with Gasteiger partial charge in [0, 0.05) is 44.4 Å². The second kappa shape index (κ2) is 11.7. The number of carbonyl (C=O) groups is 2. The summed E-state index contributed by atoms with van der Waals surface area (Å²) in [5.41, 5.74) is 0.864. The van der Waals surface area contributed by atoms with Crippen LogP contribution in [0.15, 0.2) is 36.7 Å². The number of fused-ring (bicyclic) bond motifs is 1. The van der Waals surface area contributed by atoms with Gasteiger partial charge >= 0.3 is 0 Å². The van der Waals surface area contributed by atoms with E-state index >= 15 is 0 Å². The van der Waals surface area contributed by atoms with Crippen LogP contribution in [0.25, 0.3) is 0 Å². The van der Waals surface area contributed by atoms with Crippen LogP contribution in [0, 0.1) is 5.41 Å². The summed E-state index contributed by atoms with van der Waals surface area (Å²) in [6.45, 7) is 7.15. The second-order valence-corrected chi connectivity index (χ2v) is 10.3. The van der Waals surface area contributed by atoms with E-state index in [1.165, 1.54) is 5.56 Å². The quantitative estimate of drug-likeness (QED) is 0.707. The molecule has 1 saturated heterocycles. The molecule has 2 amide bonds. The number of piperidine rings is 1. The van der Waals surface area contributed by atoms with E-state index in [1.54, 1.807) is 6.20 Å². The van der Waals surface area contributed by atoms with Gasteiger partial charge in [0.2, 0.25) is 11.8 Å². The molecule has 2 aliphatic heterocycles. The molecule has 1 aromatic heterocycles. The van der Waals surface area contributed by atoms with Crippen LogP contribution >= 0.6 is 0 Å². The van der Waals surface area contributed by atoms with Crippen molar-refractivity contribution in [2.45, 2.75) is 77.7 Å². The molecule has 7 heteroatoms. The van der Waals surface area contributed by atoms with Gasteiger partial charge in [0.25, 0.3) is 0 Å². The van der Waals surface area contributed by atoms with E-state index in [-0.39, 0.29) is 17.2 Å². The van der Waals surface area contributed by atoms with E-state index in [0.29, 0.717) is 45.1 Å². The number of amides is 2. The molecular weight excluding hydrogens is 440 g/mol. The van der Waals surface area contributed by atoms with Crippen LogP contribution in [-0.4, -0.2) is 52.5 Å². The Kier molecular flexibility index (Phi) is 8.47. The molecule has 0 radical (unpaired) electrons. The summed E-state index contributed by atoms with van der Waals surface area (Å²) in [5, 5.41) is 3.14. The van der Waals surface area contributed by atoms with Crippen molar-refractivity contribution in [2.24, 2.45) is 5.41 Å². The lowest BCUT2D eigenvalue weighted by atomic mass is 9.73. The normalized spacial score (nSPS) is 19.2. The van der Waals surface area contributed by atoms with Crippen LogP contribution in [-0.2, 0) is 22.6 Å². The van der Waals surface area contributed by atoms with Crippen molar-refractivity contribution in [3.63, 3.8) is 0 Å². The van der Waals surface area contributed by atoms with Crippen molar-refractivity contribution in [3.8, 4) is 5.75 Å². The minimum absolute atomic E-state index is 0.126. The summed E-state index contributed by atoms with van der Waals surface area (Å²) in [5.74, 6) is 2.57. The Morgan fingerprint density at radius 3 is 2.74 bits per heavy atom. The van der Waals surface area contributed by atoms with Gasteiger partial charge in [-0.3, -0.25) is 9.59 Å². The number of para-hydroxylation sites is 1. The van der Waals surface area contributed by atoms with Crippen LogP contribution in [0.2, 0.25) is 0 Å². The van der Waals surface area contributed by atoms with E-state index in [2.05, 4.69) is 40.8 Å². The summed E-state index contributed by atoms with van der Waals surface area (Å²) >= 11 is 0. The van der Waals surface area contributed by atoms with Crippen LogP contribution in [0.4, 0.5) is 0 Å². The Morgan fingerprint density at radius 2 is 1.94 bits per heavy atom. The zero-order valence-electron chi connectivity index (χ0n) is 21.3. The molecular formula is C28H40N4O3. The molecule has 7 nitrogen and oxygen atoms in total. The fraction of sp³-hybridized carbons (Fsp3) is 0.607. The van der Waals surface area contributed by atoms with Crippen molar-refractivity contribution in [3.05, 3.63) is 48.0 Å². The first kappa shape index (κ1) is 25.3. The third-order valence-corrected chi connectivity index (χ3v) is 7.60. The van der Waals surface area contributed by atoms with Gasteiger partial charge in [-0.1, -0.05) is 44.9 Å². The predicted molar refractivity (Wildman–Crippen MR) is 136 cm³/mol. The first-order valence-corrected chi connectivity index (χ1v) is 13.3. The van der Waals surface area contributed by atoms with E-state index < -0.39 is 0 Å². The molecule has 0 unspecified atom stereocenters. The number of aromatic nitrogens is 2. The first-order valence-electron chi connectivity index (χ1n) is 13.3. The highest BCUT2D eigenvalue weighted by Gasteiger charge is 2.41. The van der Waals surface area contributed by atoms with Gasteiger partial charge < -0.3 is 19.5 Å². The van der Waals surface area contributed by atoms with Crippen LogP contribution < -0.4 is 10.1 Å². The lowest BCUT2D eigenvalue weighted by Crippen LogP contribution is -2.50. The molecule has 0 saturated carbocycles. The van der Waals surface area contributed by atoms with Gasteiger partial charge in [-0.2, -0.15) is 0 Å². The van der Waals surface area contributed by atoms with E-state index in [1.807, 2.05) is 23.2 Å². The third kappa shape index (κ3) is 6.24. The standard InChI is InChI=1S/C28H40N4O3/c1-22(2)26-29-15-20-32(26)17-11-25(33)31-18-13-28(14-19-31)12-7-3-4-8-23-9-5-6-10-24(23)35-21-16-30-27(28)34/h5-6,9-10,15,20,22H,3-4,7-8,11-14,16-19,21H2,1-2H3,(H,30,34). The van der Waals surface area contributed by atoms with Crippen molar-refractivity contribution in [1.29, 1.82) is 0 Å². The Balaban J connectivity index is 1.32. The highest BCUT2D eigenvalue weighted by molar-refractivity contribution is 5.83.